The molecule has 0 saturated carbocycles. The molecule has 0 N–H and O–H groups in total. The molecule has 4 aromatic heterocycles. The van der Waals surface area contributed by atoms with Crippen molar-refractivity contribution in [2.24, 2.45) is 0 Å². The molecule has 9 rings (SSSR count). The minimum absolute atomic E-state index is 0.278. The predicted molar refractivity (Wildman–Crippen MR) is 219 cm³/mol. The van der Waals surface area contributed by atoms with E-state index < -0.39 is 0 Å². The number of aromatic nitrogens is 5. The molecule has 5 nitrogen and oxygen atoms in total. The lowest BCUT2D eigenvalue weighted by molar-refractivity contribution is 0.628. The Morgan fingerprint density at radius 1 is 0.291 bits per heavy atom. The van der Waals surface area contributed by atoms with Crippen LogP contribution in [0.4, 0.5) is 4.39 Å². The van der Waals surface area contributed by atoms with Crippen molar-refractivity contribution in [3.05, 3.63) is 200 Å². The zero-order chi connectivity index (χ0) is 37.0. The van der Waals surface area contributed by atoms with Gasteiger partial charge in [-0.25, -0.2) is 19.3 Å². The molecule has 0 atom stereocenters. The largest absolute Gasteiger partial charge is 0.255 e. The van der Waals surface area contributed by atoms with E-state index in [4.69, 9.17) is 19.9 Å². The molecule has 55 heavy (non-hydrogen) atoms. The maximum Gasteiger partial charge on any atom is 0.160 e. The molecule has 0 bridgehead atoms. The van der Waals surface area contributed by atoms with Gasteiger partial charge in [0.25, 0.3) is 0 Å². The summed E-state index contributed by atoms with van der Waals surface area (Å²) in [6.07, 6.45) is 3.62. The summed E-state index contributed by atoms with van der Waals surface area (Å²) in [6.45, 7) is 0. The Balaban J connectivity index is 0.968. The Kier molecular flexibility index (Phi) is 9.04. The molecule has 0 amide bonds. The second-order valence-corrected chi connectivity index (χ2v) is 13.1. The van der Waals surface area contributed by atoms with Gasteiger partial charge < -0.3 is 0 Å². The van der Waals surface area contributed by atoms with E-state index in [9.17, 15) is 4.39 Å². The summed E-state index contributed by atoms with van der Waals surface area (Å²) in [5, 5.41) is 0. The van der Waals surface area contributed by atoms with Gasteiger partial charge in [0.05, 0.1) is 34.2 Å². The Hall–Kier alpha value is -7.44. The highest BCUT2D eigenvalue weighted by Crippen LogP contribution is 2.32. The minimum Gasteiger partial charge on any atom is -0.255 e. The fourth-order valence-corrected chi connectivity index (χ4v) is 6.59. The third-order valence-corrected chi connectivity index (χ3v) is 9.52. The van der Waals surface area contributed by atoms with Gasteiger partial charge in [-0.2, -0.15) is 0 Å². The van der Waals surface area contributed by atoms with Gasteiger partial charge in [0.1, 0.15) is 5.82 Å². The van der Waals surface area contributed by atoms with Gasteiger partial charge in [0.15, 0.2) is 5.82 Å². The van der Waals surface area contributed by atoms with Crippen LogP contribution >= 0.6 is 0 Å². The fraction of sp³-hybridized carbons (Fsp3) is 0. The summed E-state index contributed by atoms with van der Waals surface area (Å²) in [6, 6.07) is 59.6. The van der Waals surface area contributed by atoms with E-state index in [1.165, 1.54) is 12.1 Å². The molecule has 6 heteroatoms. The van der Waals surface area contributed by atoms with Crippen LogP contribution in [-0.4, -0.2) is 24.9 Å². The van der Waals surface area contributed by atoms with Crippen molar-refractivity contribution in [3.8, 4) is 90.1 Å². The van der Waals surface area contributed by atoms with Crippen LogP contribution in [0.2, 0.25) is 0 Å². The SMILES string of the molecule is Fc1ccc(-c2cc(-c3ccccn3)nc(-c3ccc(-c4ccc(-c5ccc(-c6nc(-c7ccccc7)cc(-c7ccccc7)n6)cc5)cc4)cn3)c2)cc1. The standard InChI is InChI=1S/C49H32FN5/c50-42-25-22-36(23-26-42)41-29-47(43-13-7-8-28-51-43)53-48(30-41)44-27-24-40(32-52-44)35-16-14-33(15-17-35)34-18-20-39(21-19-34)49-54-45(37-9-3-1-4-10-37)31-46(55-49)38-11-5-2-6-12-38/h1-32H. The van der Waals surface area contributed by atoms with Gasteiger partial charge >= 0.3 is 0 Å². The molecule has 0 saturated heterocycles. The highest BCUT2D eigenvalue weighted by atomic mass is 19.1. The van der Waals surface area contributed by atoms with Crippen molar-refractivity contribution in [1.82, 2.24) is 24.9 Å². The van der Waals surface area contributed by atoms with Crippen LogP contribution in [0.1, 0.15) is 0 Å². The molecule has 0 aliphatic rings. The molecule has 5 aromatic carbocycles. The van der Waals surface area contributed by atoms with Gasteiger partial charge in [-0.05, 0) is 76.3 Å². The van der Waals surface area contributed by atoms with Crippen molar-refractivity contribution in [1.29, 1.82) is 0 Å². The quantitative estimate of drug-likeness (QED) is 0.157. The first-order chi connectivity index (χ1) is 27.1. The Labute approximate surface area is 318 Å². The van der Waals surface area contributed by atoms with E-state index in [-0.39, 0.29) is 5.82 Å². The molecule has 0 aliphatic heterocycles. The van der Waals surface area contributed by atoms with Crippen LogP contribution < -0.4 is 0 Å². The highest BCUT2D eigenvalue weighted by molar-refractivity contribution is 5.77. The first-order valence-electron chi connectivity index (χ1n) is 18.0. The number of hydrogen-bond donors (Lipinski definition) is 0. The smallest absolute Gasteiger partial charge is 0.160 e. The molecule has 0 unspecified atom stereocenters. The number of hydrogen-bond acceptors (Lipinski definition) is 5. The third kappa shape index (κ3) is 7.30. The minimum atomic E-state index is -0.278. The lowest BCUT2D eigenvalue weighted by atomic mass is 9.99. The third-order valence-electron chi connectivity index (χ3n) is 9.52. The Morgan fingerprint density at radius 2 is 0.764 bits per heavy atom. The van der Waals surface area contributed by atoms with Crippen molar-refractivity contribution in [3.63, 3.8) is 0 Å². The van der Waals surface area contributed by atoms with Gasteiger partial charge in [-0.15, -0.1) is 0 Å². The lowest BCUT2D eigenvalue weighted by Crippen LogP contribution is -1.95. The number of nitrogens with zero attached hydrogens (tertiary/aromatic N) is 5. The second kappa shape index (κ2) is 14.9. The molecule has 9 aromatic rings. The van der Waals surface area contributed by atoms with Crippen LogP contribution in [0.25, 0.3) is 90.1 Å². The summed E-state index contributed by atoms with van der Waals surface area (Å²) < 4.78 is 13.7. The zero-order valence-electron chi connectivity index (χ0n) is 29.6. The molecular formula is C49H32FN5. The van der Waals surface area contributed by atoms with E-state index in [2.05, 4.69) is 89.9 Å². The van der Waals surface area contributed by atoms with Crippen molar-refractivity contribution in [2.45, 2.75) is 0 Å². The van der Waals surface area contributed by atoms with Gasteiger partial charge in [0.2, 0.25) is 0 Å². The van der Waals surface area contributed by atoms with Crippen molar-refractivity contribution in [2.75, 3.05) is 0 Å². The summed E-state index contributed by atoms with van der Waals surface area (Å²) in [4.78, 5) is 24.2. The normalized spacial score (nSPS) is 11.0. The fourth-order valence-electron chi connectivity index (χ4n) is 6.59. The molecule has 0 aliphatic carbocycles. The molecule has 0 radical (unpaired) electrons. The molecule has 0 fully saturated rings. The monoisotopic (exact) mass is 709 g/mol. The maximum atomic E-state index is 13.7. The topological polar surface area (TPSA) is 64.5 Å². The van der Waals surface area contributed by atoms with Gasteiger partial charge in [0, 0.05) is 34.6 Å². The van der Waals surface area contributed by atoms with Crippen LogP contribution in [-0.2, 0) is 0 Å². The number of pyridine rings is 3. The summed E-state index contributed by atoms with van der Waals surface area (Å²) in [7, 11) is 0. The number of benzene rings is 5. The van der Waals surface area contributed by atoms with Crippen LogP contribution in [0, 0.1) is 5.82 Å². The van der Waals surface area contributed by atoms with Gasteiger partial charge in [-0.3, -0.25) is 9.97 Å². The van der Waals surface area contributed by atoms with E-state index in [1.54, 1.807) is 18.3 Å². The van der Waals surface area contributed by atoms with E-state index in [0.717, 1.165) is 78.5 Å². The van der Waals surface area contributed by atoms with Crippen LogP contribution in [0.5, 0.6) is 0 Å². The van der Waals surface area contributed by atoms with E-state index in [0.29, 0.717) is 11.5 Å². The summed E-state index contributed by atoms with van der Waals surface area (Å²) in [5.41, 5.74) is 13.8. The average Bonchev–Trinajstić information content (AvgIpc) is 3.27. The molecule has 260 valence electrons. The summed E-state index contributed by atoms with van der Waals surface area (Å²) in [5.74, 6) is 0.406. The van der Waals surface area contributed by atoms with E-state index >= 15 is 0 Å². The van der Waals surface area contributed by atoms with Crippen LogP contribution in [0.15, 0.2) is 194 Å². The number of halogens is 1. The van der Waals surface area contributed by atoms with E-state index in [1.807, 2.05) is 79.0 Å². The highest BCUT2D eigenvalue weighted by Gasteiger charge is 2.13. The zero-order valence-corrected chi connectivity index (χ0v) is 29.6. The first kappa shape index (κ1) is 33.4. The second-order valence-electron chi connectivity index (χ2n) is 13.1. The predicted octanol–water partition coefficient (Wildman–Crippen LogP) is 12.1. The lowest BCUT2D eigenvalue weighted by Gasteiger charge is -2.11. The van der Waals surface area contributed by atoms with Crippen molar-refractivity contribution < 1.29 is 4.39 Å². The van der Waals surface area contributed by atoms with Crippen molar-refractivity contribution >= 4 is 0 Å². The Bertz CT molecular complexity index is 2640. The first-order valence-corrected chi connectivity index (χ1v) is 18.0. The Morgan fingerprint density at radius 3 is 1.29 bits per heavy atom. The number of rotatable bonds is 8. The van der Waals surface area contributed by atoms with Crippen LogP contribution in [0.3, 0.4) is 0 Å². The molecule has 4 heterocycles. The average molecular weight is 710 g/mol. The molecule has 0 spiro atoms. The summed E-state index contributed by atoms with van der Waals surface area (Å²) >= 11 is 0. The maximum absolute atomic E-state index is 13.7. The van der Waals surface area contributed by atoms with Gasteiger partial charge in [-0.1, -0.05) is 133 Å². The molecular weight excluding hydrogens is 678 g/mol.